The number of fused-ring (bicyclic) bond motifs is 1. The Morgan fingerprint density at radius 1 is 1.23 bits per heavy atom. The molecule has 1 fully saturated rings. The van der Waals surface area contributed by atoms with Crippen molar-refractivity contribution in [2.75, 3.05) is 18.5 Å². The smallest absolute Gasteiger partial charge is 0.410 e. The summed E-state index contributed by atoms with van der Waals surface area (Å²) in [5.74, 6) is -1.57. The molecule has 2 aliphatic rings. The molecule has 3 rings (SSSR count). The molecule has 0 radical (unpaired) electrons. The highest BCUT2D eigenvalue weighted by atomic mass is 19.1. The summed E-state index contributed by atoms with van der Waals surface area (Å²) < 4.78 is 25.0. The number of likely N-dealkylation sites (tertiary alicyclic amines) is 1. The molecular weight excluding hydrogens is 391 g/mol. The van der Waals surface area contributed by atoms with Crippen LogP contribution in [0.4, 0.5) is 14.9 Å². The molecule has 1 saturated heterocycles. The lowest BCUT2D eigenvalue weighted by Gasteiger charge is -2.28. The summed E-state index contributed by atoms with van der Waals surface area (Å²) in [5, 5.41) is 2.73. The zero-order chi connectivity index (χ0) is 22.1. The van der Waals surface area contributed by atoms with Crippen molar-refractivity contribution in [2.45, 2.75) is 65.0 Å². The van der Waals surface area contributed by atoms with E-state index in [-0.39, 0.29) is 18.5 Å². The molecule has 2 amide bonds. The van der Waals surface area contributed by atoms with Gasteiger partial charge in [-0.25, -0.2) is 9.18 Å². The summed E-state index contributed by atoms with van der Waals surface area (Å²) >= 11 is 0. The van der Waals surface area contributed by atoms with Crippen molar-refractivity contribution in [1.29, 1.82) is 0 Å². The van der Waals surface area contributed by atoms with Gasteiger partial charge < -0.3 is 14.8 Å². The van der Waals surface area contributed by atoms with Gasteiger partial charge in [0.25, 0.3) is 0 Å². The van der Waals surface area contributed by atoms with Crippen LogP contribution in [0.2, 0.25) is 0 Å². The molecule has 1 aromatic rings. The second-order valence-corrected chi connectivity index (χ2v) is 8.77. The van der Waals surface area contributed by atoms with Gasteiger partial charge in [-0.1, -0.05) is 0 Å². The molecule has 1 aromatic carbocycles. The van der Waals surface area contributed by atoms with E-state index in [0.717, 1.165) is 0 Å². The third-order valence-electron chi connectivity index (χ3n) is 5.28. The normalized spacial score (nSPS) is 20.6. The van der Waals surface area contributed by atoms with Crippen LogP contribution in [-0.2, 0) is 31.9 Å². The first kappa shape index (κ1) is 22.1. The van der Waals surface area contributed by atoms with Crippen LogP contribution in [0.25, 0.3) is 0 Å². The van der Waals surface area contributed by atoms with E-state index in [2.05, 4.69) is 5.32 Å². The zero-order valence-corrected chi connectivity index (χ0v) is 17.9. The Bertz CT molecular complexity index is 849. The molecule has 1 N–H and O–H groups in total. The van der Waals surface area contributed by atoms with Gasteiger partial charge in [-0.05, 0) is 76.6 Å². The van der Waals surface area contributed by atoms with Gasteiger partial charge in [0.2, 0.25) is 5.91 Å². The molecule has 30 heavy (non-hydrogen) atoms. The Hall–Kier alpha value is -2.64. The number of ether oxygens (including phenoxy) is 2. The summed E-state index contributed by atoms with van der Waals surface area (Å²) in [6.45, 7) is 7.77. The predicted molar refractivity (Wildman–Crippen MR) is 109 cm³/mol. The summed E-state index contributed by atoms with van der Waals surface area (Å²) in [6, 6.07) is 2.29. The lowest BCUT2D eigenvalue weighted by Crippen LogP contribution is -2.45. The molecule has 1 heterocycles. The minimum atomic E-state index is -0.663. The van der Waals surface area contributed by atoms with Gasteiger partial charge in [0.05, 0.1) is 12.5 Å². The van der Waals surface area contributed by atoms with Crippen molar-refractivity contribution in [3.8, 4) is 0 Å². The van der Waals surface area contributed by atoms with E-state index >= 15 is 0 Å². The Kier molecular flexibility index (Phi) is 6.33. The number of rotatable bonds is 4. The van der Waals surface area contributed by atoms with E-state index in [4.69, 9.17) is 9.47 Å². The van der Waals surface area contributed by atoms with Crippen LogP contribution in [0.1, 0.15) is 51.7 Å². The average molecular weight is 420 g/mol. The van der Waals surface area contributed by atoms with Crippen molar-refractivity contribution < 1.29 is 28.2 Å². The van der Waals surface area contributed by atoms with Crippen LogP contribution in [0.15, 0.2) is 12.1 Å². The van der Waals surface area contributed by atoms with Crippen molar-refractivity contribution in [1.82, 2.24) is 4.90 Å². The second kappa shape index (κ2) is 8.62. The summed E-state index contributed by atoms with van der Waals surface area (Å²) in [7, 11) is 0. The maximum Gasteiger partial charge on any atom is 0.410 e. The van der Waals surface area contributed by atoms with E-state index in [0.29, 0.717) is 49.0 Å². The number of hydrogen-bond donors (Lipinski definition) is 1. The van der Waals surface area contributed by atoms with E-state index in [1.165, 1.54) is 11.0 Å². The van der Waals surface area contributed by atoms with E-state index in [9.17, 15) is 18.8 Å². The Labute approximate surface area is 175 Å². The van der Waals surface area contributed by atoms with Crippen LogP contribution in [0.3, 0.4) is 0 Å². The van der Waals surface area contributed by atoms with Gasteiger partial charge in [-0.2, -0.15) is 0 Å². The molecule has 164 valence electrons. The number of benzene rings is 1. The van der Waals surface area contributed by atoms with Gasteiger partial charge in [-0.3, -0.25) is 14.5 Å². The lowest BCUT2D eigenvalue weighted by molar-refractivity contribution is -0.147. The van der Waals surface area contributed by atoms with Crippen LogP contribution < -0.4 is 5.32 Å². The van der Waals surface area contributed by atoms with E-state index in [1.54, 1.807) is 33.8 Å². The zero-order valence-electron chi connectivity index (χ0n) is 17.9. The third kappa shape index (κ3) is 4.91. The molecule has 1 aliphatic heterocycles. The van der Waals surface area contributed by atoms with Crippen molar-refractivity contribution >= 4 is 23.7 Å². The number of esters is 1. The molecule has 0 spiro atoms. The number of nitrogens with one attached hydrogen (secondary N) is 1. The van der Waals surface area contributed by atoms with Crippen LogP contribution in [0, 0.1) is 11.7 Å². The molecule has 0 saturated carbocycles. The lowest BCUT2D eigenvalue weighted by atomic mass is 10.1. The average Bonchev–Trinajstić information content (AvgIpc) is 3.28. The maximum atomic E-state index is 14.6. The fourth-order valence-corrected chi connectivity index (χ4v) is 3.99. The third-order valence-corrected chi connectivity index (χ3v) is 5.28. The topological polar surface area (TPSA) is 84.9 Å². The second-order valence-electron chi connectivity index (χ2n) is 8.77. The molecule has 8 heteroatoms. The number of carbonyl (C=O) groups excluding carboxylic acids is 3. The molecule has 0 bridgehead atoms. The Balaban J connectivity index is 1.69. The van der Waals surface area contributed by atoms with Crippen LogP contribution in [-0.4, -0.2) is 47.7 Å². The highest BCUT2D eigenvalue weighted by Crippen LogP contribution is 2.32. The minimum Gasteiger partial charge on any atom is -0.466 e. The standard InChI is InChI=1S/C22H29FN2O5/c1-5-29-20(27)14-9-13-10-15(12-17(23)16(13)11-14)24-19(26)18-7-6-8-25(18)21(28)30-22(2,3)4/h10,12,14,18H,5-9,11H2,1-4H3,(H,24,26). The minimum absolute atomic E-state index is 0.283. The van der Waals surface area contributed by atoms with Crippen molar-refractivity contribution in [3.05, 3.63) is 29.1 Å². The number of nitrogens with zero attached hydrogens (tertiary/aromatic N) is 1. The molecule has 7 nitrogen and oxygen atoms in total. The Morgan fingerprint density at radius 3 is 2.63 bits per heavy atom. The SMILES string of the molecule is CCOC(=O)C1Cc2cc(NC(=O)C3CCCN3C(=O)OC(C)(C)C)cc(F)c2C1. The van der Waals surface area contributed by atoms with E-state index in [1.807, 2.05) is 0 Å². The molecule has 0 aromatic heterocycles. The fourth-order valence-electron chi connectivity index (χ4n) is 3.99. The summed E-state index contributed by atoms with van der Waals surface area (Å²) in [6.07, 6.45) is 1.35. The maximum absolute atomic E-state index is 14.6. The van der Waals surface area contributed by atoms with Crippen LogP contribution >= 0.6 is 0 Å². The van der Waals surface area contributed by atoms with Crippen LogP contribution in [0.5, 0.6) is 0 Å². The fraction of sp³-hybridized carbons (Fsp3) is 0.591. The van der Waals surface area contributed by atoms with Crippen molar-refractivity contribution in [3.63, 3.8) is 0 Å². The quantitative estimate of drug-likeness (QED) is 0.755. The van der Waals surface area contributed by atoms with Gasteiger partial charge in [0.1, 0.15) is 17.5 Å². The summed E-state index contributed by atoms with van der Waals surface area (Å²) in [4.78, 5) is 38.6. The molecular formula is C22H29FN2O5. The molecule has 2 unspecified atom stereocenters. The Morgan fingerprint density at radius 2 is 1.97 bits per heavy atom. The summed E-state index contributed by atoms with van der Waals surface area (Å²) in [5.41, 5.74) is 0.845. The largest absolute Gasteiger partial charge is 0.466 e. The first-order valence-electron chi connectivity index (χ1n) is 10.4. The van der Waals surface area contributed by atoms with Crippen molar-refractivity contribution in [2.24, 2.45) is 5.92 Å². The van der Waals surface area contributed by atoms with Gasteiger partial charge in [-0.15, -0.1) is 0 Å². The monoisotopic (exact) mass is 420 g/mol. The highest BCUT2D eigenvalue weighted by Gasteiger charge is 2.37. The number of carbonyl (C=O) groups is 3. The number of hydrogen-bond acceptors (Lipinski definition) is 5. The number of amides is 2. The number of anilines is 1. The molecule has 2 atom stereocenters. The predicted octanol–water partition coefficient (Wildman–Crippen LogP) is 3.44. The van der Waals surface area contributed by atoms with Gasteiger partial charge in [0, 0.05) is 12.2 Å². The van der Waals surface area contributed by atoms with Gasteiger partial charge in [0.15, 0.2) is 0 Å². The molecule has 1 aliphatic carbocycles. The number of halogens is 1. The van der Waals surface area contributed by atoms with E-state index < -0.39 is 29.5 Å². The first-order valence-corrected chi connectivity index (χ1v) is 10.4. The highest BCUT2D eigenvalue weighted by molar-refractivity contribution is 5.97. The van der Waals surface area contributed by atoms with Gasteiger partial charge >= 0.3 is 12.1 Å². The first-order chi connectivity index (χ1) is 14.1.